The maximum Gasteiger partial charge on any atom is 0.128 e. The molecular weight excluding hydrogens is 226 g/mol. The molecule has 4 heteroatoms. The van der Waals surface area contributed by atoms with E-state index >= 15 is 0 Å². The lowest BCUT2D eigenvalue weighted by Crippen LogP contribution is -2.39. The first kappa shape index (κ1) is 13.3. The molecule has 1 aliphatic rings. The third-order valence-electron chi connectivity index (χ3n) is 3.69. The van der Waals surface area contributed by atoms with Gasteiger partial charge in [-0.05, 0) is 37.5 Å². The van der Waals surface area contributed by atoms with Crippen molar-refractivity contribution in [3.8, 4) is 0 Å². The number of likely N-dealkylation sites (N-methyl/N-ethyl adjacent to an activating group) is 1. The average Bonchev–Trinajstić information content (AvgIpc) is 2.74. The maximum atomic E-state index is 10.4. The first-order valence-corrected chi connectivity index (χ1v) is 6.64. The molecule has 2 rings (SSSR count). The Balaban J connectivity index is 2.12. The van der Waals surface area contributed by atoms with Gasteiger partial charge in [-0.1, -0.05) is 12.8 Å². The van der Waals surface area contributed by atoms with E-state index < -0.39 is 5.60 Å². The molecule has 0 unspecified atom stereocenters. The Morgan fingerprint density at radius 3 is 2.67 bits per heavy atom. The van der Waals surface area contributed by atoms with Crippen LogP contribution in [0.4, 0.5) is 5.82 Å². The van der Waals surface area contributed by atoms with E-state index in [4.69, 9.17) is 5.73 Å². The molecule has 0 radical (unpaired) electrons. The minimum atomic E-state index is -0.539. The lowest BCUT2D eigenvalue weighted by Gasteiger charge is -2.29. The summed E-state index contributed by atoms with van der Waals surface area (Å²) < 4.78 is 0. The van der Waals surface area contributed by atoms with Gasteiger partial charge in [-0.2, -0.15) is 0 Å². The first-order valence-electron chi connectivity index (χ1n) is 6.64. The molecule has 0 amide bonds. The van der Waals surface area contributed by atoms with E-state index in [1.807, 2.05) is 31.0 Å². The van der Waals surface area contributed by atoms with Crippen LogP contribution < -0.4 is 10.6 Å². The van der Waals surface area contributed by atoms with Gasteiger partial charge >= 0.3 is 0 Å². The summed E-state index contributed by atoms with van der Waals surface area (Å²) in [7, 11) is 1.98. The summed E-state index contributed by atoms with van der Waals surface area (Å²) in [5.41, 5.74) is 7.20. The lowest BCUT2D eigenvalue weighted by atomic mass is 10.0. The van der Waals surface area contributed by atoms with Gasteiger partial charge in [0.1, 0.15) is 5.82 Å². The molecule has 100 valence electrons. The van der Waals surface area contributed by atoms with Crippen LogP contribution in [0.25, 0.3) is 0 Å². The van der Waals surface area contributed by atoms with Gasteiger partial charge in [0.15, 0.2) is 0 Å². The van der Waals surface area contributed by atoms with E-state index in [0.29, 0.717) is 13.1 Å². The first-order chi connectivity index (χ1) is 8.52. The molecule has 3 N–H and O–H groups in total. The summed E-state index contributed by atoms with van der Waals surface area (Å²) in [6.07, 6.45) is 4.04. The van der Waals surface area contributed by atoms with Gasteiger partial charge in [-0.15, -0.1) is 0 Å². The van der Waals surface area contributed by atoms with Gasteiger partial charge in [0.2, 0.25) is 0 Å². The molecule has 0 saturated heterocycles. The Bertz CT molecular complexity index is 414. The SMILES string of the molecule is Cc1cc(CN)cc(N(C)CC2(O)CCCC2)n1. The van der Waals surface area contributed by atoms with Crippen LogP contribution in [0.1, 0.15) is 36.9 Å². The van der Waals surface area contributed by atoms with Crippen LogP contribution in [0.3, 0.4) is 0 Å². The summed E-state index contributed by atoms with van der Waals surface area (Å²) in [4.78, 5) is 6.55. The number of nitrogens with zero attached hydrogens (tertiary/aromatic N) is 2. The third kappa shape index (κ3) is 3.00. The summed E-state index contributed by atoms with van der Waals surface area (Å²) >= 11 is 0. The Morgan fingerprint density at radius 1 is 1.39 bits per heavy atom. The highest BCUT2D eigenvalue weighted by molar-refractivity contribution is 5.42. The summed E-state index contributed by atoms with van der Waals surface area (Å²) in [6, 6.07) is 4.01. The van der Waals surface area contributed by atoms with Gasteiger partial charge in [-0.25, -0.2) is 4.98 Å². The number of hydrogen-bond acceptors (Lipinski definition) is 4. The van der Waals surface area contributed by atoms with Crippen LogP contribution in [0.2, 0.25) is 0 Å². The molecule has 1 heterocycles. The highest BCUT2D eigenvalue weighted by atomic mass is 16.3. The van der Waals surface area contributed by atoms with Gasteiger partial charge in [0.05, 0.1) is 5.60 Å². The van der Waals surface area contributed by atoms with Gasteiger partial charge in [-0.3, -0.25) is 0 Å². The van der Waals surface area contributed by atoms with Gasteiger partial charge < -0.3 is 15.7 Å². The highest BCUT2D eigenvalue weighted by Crippen LogP contribution is 2.30. The molecule has 1 aromatic rings. The molecule has 0 aromatic carbocycles. The Morgan fingerprint density at radius 2 is 2.06 bits per heavy atom. The van der Waals surface area contributed by atoms with Crippen LogP contribution in [-0.2, 0) is 6.54 Å². The molecule has 1 fully saturated rings. The van der Waals surface area contributed by atoms with E-state index in [1.165, 1.54) is 0 Å². The Hall–Kier alpha value is -1.13. The van der Waals surface area contributed by atoms with Crippen LogP contribution >= 0.6 is 0 Å². The maximum absolute atomic E-state index is 10.4. The van der Waals surface area contributed by atoms with E-state index in [0.717, 1.165) is 42.8 Å². The van der Waals surface area contributed by atoms with Crippen LogP contribution in [0.15, 0.2) is 12.1 Å². The van der Waals surface area contributed by atoms with Crippen LogP contribution in [0.5, 0.6) is 0 Å². The van der Waals surface area contributed by atoms with Crippen LogP contribution in [0, 0.1) is 6.92 Å². The Kier molecular flexibility index (Phi) is 3.88. The monoisotopic (exact) mass is 249 g/mol. The smallest absolute Gasteiger partial charge is 0.128 e. The molecule has 1 aromatic heterocycles. The van der Waals surface area contributed by atoms with Gasteiger partial charge in [0, 0.05) is 25.8 Å². The van der Waals surface area contributed by atoms with Crippen molar-refractivity contribution in [1.82, 2.24) is 4.98 Å². The van der Waals surface area contributed by atoms with Crippen molar-refractivity contribution >= 4 is 5.82 Å². The summed E-state index contributed by atoms with van der Waals surface area (Å²) in [6.45, 7) is 3.14. The summed E-state index contributed by atoms with van der Waals surface area (Å²) in [5.74, 6) is 0.899. The number of anilines is 1. The number of aromatic nitrogens is 1. The third-order valence-corrected chi connectivity index (χ3v) is 3.69. The fourth-order valence-corrected chi connectivity index (χ4v) is 2.75. The van der Waals surface area contributed by atoms with Crippen molar-refractivity contribution in [1.29, 1.82) is 0 Å². The second kappa shape index (κ2) is 5.24. The van der Waals surface area contributed by atoms with Crippen molar-refractivity contribution < 1.29 is 5.11 Å². The molecule has 18 heavy (non-hydrogen) atoms. The summed E-state index contributed by atoms with van der Waals surface area (Å²) in [5, 5.41) is 10.4. The van der Waals surface area contributed by atoms with E-state index in [2.05, 4.69) is 4.98 Å². The van der Waals surface area contributed by atoms with Crippen molar-refractivity contribution in [3.63, 3.8) is 0 Å². The molecule has 1 saturated carbocycles. The van der Waals surface area contributed by atoms with E-state index in [-0.39, 0.29) is 0 Å². The average molecular weight is 249 g/mol. The van der Waals surface area contributed by atoms with Crippen molar-refractivity contribution in [3.05, 3.63) is 23.4 Å². The second-order valence-electron chi connectivity index (χ2n) is 5.47. The normalized spacial score (nSPS) is 18.0. The zero-order valence-corrected chi connectivity index (χ0v) is 11.3. The molecule has 0 bridgehead atoms. The fraction of sp³-hybridized carbons (Fsp3) is 0.643. The minimum Gasteiger partial charge on any atom is -0.388 e. The molecular formula is C14H23N3O. The van der Waals surface area contributed by atoms with E-state index in [1.54, 1.807) is 0 Å². The number of aryl methyl sites for hydroxylation is 1. The molecule has 0 aliphatic heterocycles. The quantitative estimate of drug-likeness (QED) is 0.850. The number of hydrogen-bond donors (Lipinski definition) is 2. The highest BCUT2D eigenvalue weighted by Gasteiger charge is 2.32. The molecule has 0 atom stereocenters. The largest absolute Gasteiger partial charge is 0.388 e. The standard InChI is InChI=1S/C14H23N3O/c1-11-7-12(9-15)8-13(16-11)17(2)10-14(18)5-3-4-6-14/h7-8,18H,3-6,9-10,15H2,1-2H3. The minimum absolute atomic E-state index is 0.522. The fourth-order valence-electron chi connectivity index (χ4n) is 2.75. The topological polar surface area (TPSA) is 62.4 Å². The molecule has 1 aliphatic carbocycles. The van der Waals surface area contributed by atoms with Crippen molar-refractivity contribution in [2.75, 3.05) is 18.5 Å². The van der Waals surface area contributed by atoms with Crippen molar-refractivity contribution in [2.24, 2.45) is 5.73 Å². The number of aliphatic hydroxyl groups is 1. The molecule has 4 nitrogen and oxygen atoms in total. The number of nitrogens with two attached hydrogens (primary N) is 1. The number of pyridine rings is 1. The predicted molar refractivity (Wildman–Crippen MR) is 73.6 cm³/mol. The second-order valence-corrected chi connectivity index (χ2v) is 5.47. The predicted octanol–water partition coefficient (Wildman–Crippen LogP) is 1.59. The lowest BCUT2D eigenvalue weighted by molar-refractivity contribution is 0.0558. The molecule has 0 spiro atoms. The Labute approximate surface area is 109 Å². The zero-order valence-electron chi connectivity index (χ0n) is 11.3. The van der Waals surface area contributed by atoms with Crippen LogP contribution in [-0.4, -0.2) is 29.3 Å². The van der Waals surface area contributed by atoms with Gasteiger partial charge in [0.25, 0.3) is 0 Å². The van der Waals surface area contributed by atoms with Crippen molar-refractivity contribution in [2.45, 2.75) is 44.8 Å². The zero-order chi connectivity index (χ0) is 13.2. The number of rotatable bonds is 4. The van der Waals surface area contributed by atoms with E-state index in [9.17, 15) is 5.11 Å².